The predicted molar refractivity (Wildman–Crippen MR) is 88.2 cm³/mol. The van der Waals surface area contributed by atoms with Crippen molar-refractivity contribution in [1.29, 1.82) is 0 Å². The zero-order valence-corrected chi connectivity index (χ0v) is 12.5. The number of hydrogen-bond acceptors (Lipinski definition) is 4. The van der Waals surface area contributed by atoms with Crippen molar-refractivity contribution in [3.8, 4) is 0 Å². The molecule has 1 aromatic heterocycles. The van der Waals surface area contributed by atoms with Gasteiger partial charge in [0.25, 0.3) is 5.91 Å². The summed E-state index contributed by atoms with van der Waals surface area (Å²) in [5, 5.41) is 2.93. The summed E-state index contributed by atoms with van der Waals surface area (Å²) in [6, 6.07) is 13.1. The highest BCUT2D eigenvalue weighted by atomic mass is 32.2. The lowest BCUT2D eigenvalue weighted by atomic mass is 10.2. The molecule has 1 amide bonds. The Bertz CT molecular complexity index is 612. The second-order valence-electron chi connectivity index (χ2n) is 4.79. The number of amides is 1. The Balaban J connectivity index is 1.82. The number of thioether (sulfide) groups is 1. The normalized spacial score (nSPS) is 14.8. The molecule has 0 bridgehead atoms. The molecule has 2 heterocycles. The first-order valence-electron chi connectivity index (χ1n) is 6.99. The molecule has 1 aromatic carbocycles. The molecule has 1 saturated heterocycles. The summed E-state index contributed by atoms with van der Waals surface area (Å²) < 4.78 is 0. The minimum Gasteiger partial charge on any atom is -0.354 e. The van der Waals surface area contributed by atoms with E-state index >= 15 is 0 Å². The third-order valence-electron chi connectivity index (χ3n) is 3.37. The first kappa shape index (κ1) is 13.9. The number of carbonyl (C=O) groups is 1. The first-order valence-corrected chi connectivity index (χ1v) is 8.14. The van der Waals surface area contributed by atoms with Gasteiger partial charge in [0.2, 0.25) is 0 Å². The molecule has 1 fully saturated rings. The third-order valence-corrected chi connectivity index (χ3v) is 4.32. The molecule has 1 N–H and O–H groups in total. The second-order valence-corrected chi connectivity index (χ2v) is 6.02. The van der Waals surface area contributed by atoms with Crippen LogP contribution in [0.4, 0.5) is 11.5 Å². The van der Waals surface area contributed by atoms with E-state index in [1.807, 2.05) is 54.2 Å². The highest BCUT2D eigenvalue weighted by Crippen LogP contribution is 2.22. The quantitative estimate of drug-likeness (QED) is 0.946. The van der Waals surface area contributed by atoms with Gasteiger partial charge in [-0.3, -0.25) is 4.79 Å². The Kier molecular flexibility index (Phi) is 4.40. The Hall–Kier alpha value is -2.01. The first-order chi connectivity index (χ1) is 10.3. The van der Waals surface area contributed by atoms with E-state index in [-0.39, 0.29) is 5.91 Å². The summed E-state index contributed by atoms with van der Waals surface area (Å²) in [7, 11) is 0. The number of aromatic nitrogens is 1. The molecule has 1 aliphatic rings. The van der Waals surface area contributed by atoms with E-state index in [2.05, 4.69) is 15.2 Å². The molecule has 5 heteroatoms. The summed E-state index contributed by atoms with van der Waals surface area (Å²) in [5.74, 6) is 2.83. The van der Waals surface area contributed by atoms with Gasteiger partial charge in [0.15, 0.2) is 0 Å². The van der Waals surface area contributed by atoms with Crippen LogP contribution < -0.4 is 10.2 Å². The molecule has 0 radical (unpaired) electrons. The highest BCUT2D eigenvalue weighted by Gasteiger charge is 2.19. The number of hydrogen-bond donors (Lipinski definition) is 1. The molecule has 4 nitrogen and oxygen atoms in total. The van der Waals surface area contributed by atoms with Gasteiger partial charge in [-0.05, 0) is 24.3 Å². The lowest BCUT2D eigenvalue weighted by Gasteiger charge is -2.28. The van der Waals surface area contributed by atoms with Crippen molar-refractivity contribution in [3.63, 3.8) is 0 Å². The molecule has 0 aliphatic carbocycles. The van der Waals surface area contributed by atoms with Gasteiger partial charge in [0.1, 0.15) is 5.82 Å². The molecule has 0 spiro atoms. The minimum atomic E-state index is -0.109. The van der Waals surface area contributed by atoms with E-state index in [0.29, 0.717) is 5.56 Å². The maximum Gasteiger partial charge on any atom is 0.259 e. The molecular weight excluding hydrogens is 282 g/mol. The van der Waals surface area contributed by atoms with Crippen LogP contribution in [0.1, 0.15) is 10.4 Å². The summed E-state index contributed by atoms with van der Waals surface area (Å²) in [6.07, 6.45) is 1.75. The van der Waals surface area contributed by atoms with Crippen molar-refractivity contribution in [3.05, 3.63) is 54.2 Å². The van der Waals surface area contributed by atoms with Crippen LogP contribution in [0.15, 0.2) is 48.7 Å². The fourth-order valence-electron chi connectivity index (χ4n) is 2.32. The molecule has 108 valence electrons. The number of rotatable bonds is 3. The SMILES string of the molecule is O=C(Nc1ccccc1)c1cccnc1N1CCSCC1. The number of carbonyl (C=O) groups excluding carboxylic acids is 1. The number of nitrogens with zero attached hydrogens (tertiary/aromatic N) is 2. The standard InChI is InChI=1S/C16H17N3OS/c20-16(18-13-5-2-1-3-6-13)14-7-4-8-17-15(14)19-9-11-21-12-10-19/h1-8H,9-12H2,(H,18,20). The summed E-state index contributed by atoms with van der Waals surface area (Å²) in [4.78, 5) is 19.1. The van der Waals surface area contributed by atoms with E-state index in [1.165, 1.54) is 0 Å². The number of benzene rings is 1. The molecule has 0 atom stereocenters. The summed E-state index contributed by atoms with van der Waals surface area (Å²) >= 11 is 1.94. The maximum atomic E-state index is 12.5. The van der Waals surface area contributed by atoms with E-state index in [4.69, 9.17) is 0 Å². The van der Waals surface area contributed by atoms with Gasteiger partial charge in [-0.2, -0.15) is 11.8 Å². The maximum absolute atomic E-state index is 12.5. The van der Waals surface area contributed by atoms with Gasteiger partial charge in [0, 0.05) is 36.5 Å². The number of nitrogens with one attached hydrogen (secondary N) is 1. The van der Waals surface area contributed by atoms with E-state index in [9.17, 15) is 4.79 Å². The number of anilines is 2. The van der Waals surface area contributed by atoms with Crippen LogP contribution in [0.3, 0.4) is 0 Å². The van der Waals surface area contributed by atoms with Gasteiger partial charge in [-0.15, -0.1) is 0 Å². The molecule has 0 unspecified atom stereocenters. The van der Waals surface area contributed by atoms with E-state index in [1.54, 1.807) is 6.20 Å². The number of pyridine rings is 1. The van der Waals surface area contributed by atoms with Crippen molar-refractivity contribution >= 4 is 29.2 Å². The highest BCUT2D eigenvalue weighted by molar-refractivity contribution is 7.99. The fourth-order valence-corrected chi connectivity index (χ4v) is 3.22. The Morgan fingerprint density at radius 3 is 2.62 bits per heavy atom. The lowest BCUT2D eigenvalue weighted by molar-refractivity contribution is 0.102. The van der Waals surface area contributed by atoms with Gasteiger partial charge < -0.3 is 10.2 Å². The molecule has 0 saturated carbocycles. The average molecular weight is 299 g/mol. The van der Waals surface area contributed by atoms with Crippen LogP contribution in [-0.4, -0.2) is 35.5 Å². The van der Waals surface area contributed by atoms with Gasteiger partial charge in [0.05, 0.1) is 5.56 Å². The lowest BCUT2D eigenvalue weighted by Crippen LogP contribution is -2.34. The number of para-hydroxylation sites is 1. The van der Waals surface area contributed by atoms with E-state index < -0.39 is 0 Å². The van der Waals surface area contributed by atoms with Gasteiger partial charge in [-0.25, -0.2) is 4.98 Å². The average Bonchev–Trinajstić information content (AvgIpc) is 2.56. The topological polar surface area (TPSA) is 45.2 Å². The van der Waals surface area contributed by atoms with Crippen LogP contribution in [0.25, 0.3) is 0 Å². The zero-order valence-electron chi connectivity index (χ0n) is 11.7. The second kappa shape index (κ2) is 6.63. The summed E-state index contributed by atoms with van der Waals surface area (Å²) in [6.45, 7) is 1.88. The van der Waals surface area contributed by atoms with Crippen LogP contribution in [0.5, 0.6) is 0 Å². The molecular formula is C16H17N3OS. The largest absolute Gasteiger partial charge is 0.354 e. The fraction of sp³-hybridized carbons (Fsp3) is 0.250. The van der Waals surface area contributed by atoms with Gasteiger partial charge >= 0.3 is 0 Å². The molecule has 1 aliphatic heterocycles. The Morgan fingerprint density at radius 2 is 1.86 bits per heavy atom. The molecule has 3 rings (SSSR count). The Morgan fingerprint density at radius 1 is 1.10 bits per heavy atom. The van der Waals surface area contributed by atoms with Crippen LogP contribution >= 0.6 is 11.8 Å². The molecule has 21 heavy (non-hydrogen) atoms. The summed E-state index contributed by atoms with van der Waals surface area (Å²) in [5.41, 5.74) is 1.43. The van der Waals surface area contributed by atoms with Crippen molar-refractivity contribution in [2.24, 2.45) is 0 Å². The smallest absolute Gasteiger partial charge is 0.259 e. The van der Waals surface area contributed by atoms with E-state index in [0.717, 1.165) is 36.1 Å². The zero-order chi connectivity index (χ0) is 14.5. The van der Waals surface area contributed by atoms with Gasteiger partial charge in [-0.1, -0.05) is 18.2 Å². The van der Waals surface area contributed by atoms with Crippen molar-refractivity contribution in [2.45, 2.75) is 0 Å². The predicted octanol–water partition coefficient (Wildman–Crippen LogP) is 2.89. The Labute approximate surface area is 128 Å². The minimum absolute atomic E-state index is 0.109. The van der Waals surface area contributed by atoms with Crippen molar-refractivity contribution in [2.75, 3.05) is 34.8 Å². The molecule has 2 aromatic rings. The van der Waals surface area contributed by atoms with Crippen LogP contribution in [0.2, 0.25) is 0 Å². The third kappa shape index (κ3) is 3.36. The van der Waals surface area contributed by atoms with Crippen molar-refractivity contribution in [1.82, 2.24) is 4.98 Å². The van der Waals surface area contributed by atoms with Crippen molar-refractivity contribution < 1.29 is 4.79 Å². The monoisotopic (exact) mass is 299 g/mol. The van der Waals surface area contributed by atoms with Crippen LogP contribution in [-0.2, 0) is 0 Å². The van der Waals surface area contributed by atoms with Crippen LogP contribution in [0, 0.1) is 0 Å².